The van der Waals surface area contributed by atoms with Crippen molar-refractivity contribution in [2.24, 2.45) is 0 Å². The molecule has 7 aromatic carbocycles. The molecule has 1 aliphatic rings. The normalized spacial score (nSPS) is 12.0. The van der Waals surface area contributed by atoms with E-state index in [-0.39, 0.29) is 0 Å². The molecule has 10 rings (SSSR count). The number of rotatable bonds is 2. The van der Waals surface area contributed by atoms with E-state index in [1.807, 2.05) is 24.3 Å². The summed E-state index contributed by atoms with van der Waals surface area (Å²) in [6.07, 6.45) is 0. The lowest BCUT2D eigenvalue weighted by molar-refractivity contribution is 1.08. The van der Waals surface area contributed by atoms with Gasteiger partial charge in [-0.05, 0) is 74.5 Å². The van der Waals surface area contributed by atoms with Crippen LogP contribution in [0.5, 0.6) is 0 Å². The Morgan fingerprint density at radius 3 is 1.80 bits per heavy atom. The van der Waals surface area contributed by atoms with Gasteiger partial charge in [0.2, 0.25) is 0 Å². The molecule has 3 heteroatoms. The van der Waals surface area contributed by atoms with Crippen molar-refractivity contribution in [3.63, 3.8) is 0 Å². The first kappa shape index (κ1) is 24.4. The minimum Gasteiger partial charge on any atom is -0.292 e. The molecule has 0 atom stereocenters. The molecule has 9 aromatic rings. The summed E-state index contributed by atoms with van der Waals surface area (Å²) >= 11 is 0. The van der Waals surface area contributed by atoms with E-state index in [2.05, 4.69) is 132 Å². The van der Waals surface area contributed by atoms with Gasteiger partial charge in [-0.1, -0.05) is 121 Å². The van der Waals surface area contributed by atoms with Gasteiger partial charge in [-0.25, -0.2) is 9.97 Å². The Labute approximate surface area is 259 Å². The highest BCUT2D eigenvalue weighted by Crippen LogP contribution is 2.49. The molecular weight excluding hydrogens is 546 g/mol. The third-order valence-electron chi connectivity index (χ3n) is 9.33. The van der Waals surface area contributed by atoms with Gasteiger partial charge in [0.15, 0.2) is 5.82 Å². The molecule has 1 aliphatic carbocycles. The Bertz CT molecular complexity index is 2640. The number of para-hydroxylation sites is 3. The minimum atomic E-state index is 0.832. The van der Waals surface area contributed by atoms with Crippen molar-refractivity contribution in [3.8, 4) is 50.5 Å². The van der Waals surface area contributed by atoms with E-state index in [1.54, 1.807) is 0 Å². The summed E-state index contributed by atoms with van der Waals surface area (Å²) in [4.78, 5) is 10.6. The predicted molar refractivity (Wildman–Crippen MR) is 187 cm³/mol. The zero-order chi connectivity index (χ0) is 29.5. The molecule has 0 radical (unpaired) electrons. The Kier molecular flexibility index (Phi) is 5.00. The average Bonchev–Trinajstić information content (AvgIpc) is 3.37. The number of hydrogen-bond donors (Lipinski definition) is 0. The highest BCUT2D eigenvalue weighted by molar-refractivity contribution is 6.18. The van der Waals surface area contributed by atoms with E-state index in [0.29, 0.717) is 0 Å². The second-order valence-corrected chi connectivity index (χ2v) is 11.8. The number of nitrogens with zero attached hydrogens (tertiary/aromatic N) is 3. The van der Waals surface area contributed by atoms with Gasteiger partial charge in [-0.15, -0.1) is 0 Å². The summed E-state index contributed by atoms with van der Waals surface area (Å²) < 4.78 is 2.33. The van der Waals surface area contributed by atoms with Crippen molar-refractivity contribution in [2.45, 2.75) is 0 Å². The molecule has 0 amide bonds. The van der Waals surface area contributed by atoms with E-state index in [0.717, 1.165) is 39.1 Å². The Balaban J connectivity index is 1.39. The van der Waals surface area contributed by atoms with Gasteiger partial charge in [0, 0.05) is 16.3 Å². The van der Waals surface area contributed by atoms with Crippen LogP contribution in [0.3, 0.4) is 0 Å². The van der Waals surface area contributed by atoms with Crippen LogP contribution in [0.1, 0.15) is 0 Å². The quantitative estimate of drug-likeness (QED) is 0.207. The van der Waals surface area contributed by atoms with E-state index < -0.39 is 0 Å². The Morgan fingerprint density at radius 1 is 0.400 bits per heavy atom. The molecule has 0 N–H and O–H groups in total. The summed E-state index contributed by atoms with van der Waals surface area (Å²) in [6, 6.07) is 54.3. The van der Waals surface area contributed by atoms with Crippen LogP contribution in [0.25, 0.3) is 94.1 Å². The van der Waals surface area contributed by atoms with Gasteiger partial charge in [0.25, 0.3) is 0 Å². The number of hydrogen-bond acceptors (Lipinski definition) is 2. The standard InChI is InChI=1S/C42H25N3/c1-2-12-27(13-3-1)41-42(44-37-22-8-7-21-36(37)43-41)45-38-23-9-6-18-30(38)35-24-33-29-17-5-4-16-28(29)31-19-10-14-26-15-11-20-32(40(26)31)34(33)25-39(35)45/h1-25H. The van der Waals surface area contributed by atoms with E-state index in [9.17, 15) is 0 Å². The second kappa shape index (κ2) is 9.22. The van der Waals surface area contributed by atoms with Crippen LogP contribution in [0.2, 0.25) is 0 Å². The van der Waals surface area contributed by atoms with Gasteiger partial charge in [0.05, 0.1) is 22.1 Å². The molecule has 2 heterocycles. The zero-order valence-corrected chi connectivity index (χ0v) is 24.3. The van der Waals surface area contributed by atoms with Crippen LogP contribution < -0.4 is 0 Å². The fraction of sp³-hybridized carbons (Fsp3) is 0. The summed E-state index contributed by atoms with van der Waals surface area (Å²) in [5.41, 5.74) is 13.4. The van der Waals surface area contributed by atoms with Crippen LogP contribution in [0.15, 0.2) is 152 Å². The van der Waals surface area contributed by atoms with E-state index >= 15 is 0 Å². The molecule has 0 saturated heterocycles. The monoisotopic (exact) mass is 571 g/mol. The van der Waals surface area contributed by atoms with Crippen molar-refractivity contribution in [3.05, 3.63) is 152 Å². The molecular formula is C42H25N3. The van der Waals surface area contributed by atoms with Crippen molar-refractivity contribution in [1.82, 2.24) is 14.5 Å². The Morgan fingerprint density at radius 2 is 1.00 bits per heavy atom. The second-order valence-electron chi connectivity index (χ2n) is 11.8. The van der Waals surface area contributed by atoms with Gasteiger partial charge in [-0.3, -0.25) is 4.57 Å². The van der Waals surface area contributed by atoms with Crippen LogP contribution in [-0.2, 0) is 0 Å². The molecule has 0 unspecified atom stereocenters. The SMILES string of the molecule is c1ccc(-c2nc3ccccc3nc2-n2c3ccccc3c3cc4c(cc32)-c2cccc3cccc(c23)-c2ccccc2-4)cc1. The maximum Gasteiger partial charge on any atom is 0.165 e. The topological polar surface area (TPSA) is 30.7 Å². The van der Waals surface area contributed by atoms with E-state index in [1.165, 1.54) is 54.9 Å². The van der Waals surface area contributed by atoms with Gasteiger partial charge < -0.3 is 0 Å². The molecule has 0 spiro atoms. The number of fused-ring (bicyclic) bond motifs is 9. The molecule has 3 nitrogen and oxygen atoms in total. The van der Waals surface area contributed by atoms with Gasteiger partial charge in [0.1, 0.15) is 5.69 Å². The molecule has 2 aromatic heterocycles. The smallest absolute Gasteiger partial charge is 0.165 e. The van der Waals surface area contributed by atoms with Crippen LogP contribution in [0, 0.1) is 0 Å². The third-order valence-corrected chi connectivity index (χ3v) is 9.33. The first-order valence-electron chi connectivity index (χ1n) is 15.4. The summed E-state index contributed by atoms with van der Waals surface area (Å²) in [5, 5.41) is 4.94. The summed E-state index contributed by atoms with van der Waals surface area (Å²) in [5.74, 6) is 0.832. The largest absolute Gasteiger partial charge is 0.292 e. The predicted octanol–water partition coefficient (Wildman–Crippen LogP) is 10.9. The lowest BCUT2D eigenvalue weighted by atomic mass is 9.92. The number of benzene rings is 7. The van der Waals surface area contributed by atoms with Crippen LogP contribution in [-0.4, -0.2) is 14.5 Å². The molecule has 0 aliphatic heterocycles. The zero-order valence-electron chi connectivity index (χ0n) is 24.3. The van der Waals surface area contributed by atoms with Crippen molar-refractivity contribution < 1.29 is 0 Å². The minimum absolute atomic E-state index is 0.832. The number of aromatic nitrogens is 3. The van der Waals surface area contributed by atoms with Crippen molar-refractivity contribution in [1.29, 1.82) is 0 Å². The van der Waals surface area contributed by atoms with Gasteiger partial charge in [-0.2, -0.15) is 0 Å². The van der Waals surface area contributed by atoms with E-state index in [4.69, 9.17) is 9.97 Å². The summed E-state index contributed by atoms with van der Waals surface area (Å²) in [6.45, 7) is 0. The fourth-order valence-corrected chi connectivity index (χ4v) is 7.37. The maximum absolute atomic E-state index is 5.34. The molecule has 0 bridgehead atoms. The Hall–Kier alpha value is -6.06. The maximum atomic E-state index is 5.34. The van der Waals surface area contributed by atoms with Crippen molar-refractivity contribution >= 4 is 43.6 Å². The van der Waals surface area contributed by atoms with Crippen LogP contribution in [0.4, 0.5) is 0 Å². The lowest BCUT2D eigenvalue weighted by Crippen LogP contribution is -2.03. The molecule has 0 fully saturated rings. The highest BCUT2D eigenvalue weighted by atomic mass is 15.1. The first-order valence-corrected chi connectivity index (χ1v) is 15.4. The third kappa shape index (κ3) is 3.46. The summed E-state index contributed by atoms with van der Waals surface area (Å²) in [7, 11) is 0. The first-order chi connectivity index (χ1) is 22.3. The van der Waals surface area contributed by atoms with Crippen LogP contribution >= 0.6 is 0 Å². The highest BCUT2D eigenvalue weighted by Gasteiger charge is 2.25. The molecule has 0 saturated carbocycles. The fourth-order valence-electron chi connectivity index (χ4n) is 7.37. The molecule has 45 heavy (non-hydrogen) atoms. The van der Waals surface area contributed by atoms with Gasteiger partial charge >= 0.3 is 0 Å². The average molecular weight is 572 g/mol. The molecule has 208 valence electrons. The van der Waals surface area contributed by atoms with Crippen molar-refractivity contribution in [2.75, 3.05) is 0 Å². The lowest BCUT2D eigenvalue weighted by Gasteiger charge is -2.15.